The quantitative estimate of drug-likeness (QED) is 0.811. The molecule has 0 aromatic carbocycles. The van der Waals surface area contributed by atoms with E-state index in [2.05, 4.69) is 31.2 Å². The van der Waals surface area contributed by atoms with Crippen LogP contribution in [0, 0.1) is 0 Å². The molecule has 1 fully saturated rings. The molecule has 5 nitrogen and oxygen atoms in total. The highest BCUT2D eigenvalue weighted by atomic mass is 79.9. The molecule has 0 saturated carbocycles. The Hall–Kier alpha value is -1.17. The maximum atomic E-state index is 11.5. The van der Waals surface area contributed by atoms with Gasteiger partial charge in [0.15, 0.2) is 0 Å². The highest BCUT2D eigenvalue weighted by Gasteiger charge is 2.27. The summed E-state index contributed by atoms with van der Waals surface area (Å²) in [5.74, 6) is 0.805. The number of nitrogens with one attached hydrogen (secondary N) is 1. The zero-order chi connectivity index (χ0) is 10.8. The molecule has 0 bridgehead atoms. The minimum Gasteiger partial charge on any atom is -0.353 e. The second-order valence-electron chi connectivity index (χ2n) is 3.35. The summed E-state index contributed by atoms with van der Waals surface area (Å²) in [6.07, 6.45) is 3.17. The summed E-state index contributed by atoms with van der Waals surface area (Å²) < 4.78 is 0.812. The predicted molar refractivity (Wildman–Crippen MR) is 59.5 cm³/mol. The van der Waals surface area contributed by atoms with E-state index in [0.29, 0.717) is 6.54 Å². The fourth-order valence-corrected chi connectivity index (χ4v) is 2.04. The van der Waals surface area contributed by atoms with Crippen LogP contribution < -0.4 is 10.2 Å². The van der Waals surface area contributed by atoms with Crippen LogP contribution in [0.2, 0.25) is 0 Å². The second kappa shape index (κ2) is 4.14. The van der Waals surface area contributed by atoms with Crippen molar-refractivity contribution in [2.24, 2.45) is 0 Å². The number of hydrogen-bond donors (Lipinski definition) is 1. The van der Waals surface area contributed by atoms with Crippen LogP contribution in [-0.4, -0.2) is 35.0 Å². The molecule has 1 atom stereocenters. The highest BCUT2D eigenvalue weighted by molar-refractivity contribution is 9.10. The maximum absolute atomic E-state index is 11.5. The number of anilines is 1. The van der Waals surface area contributed by atoms with Gasteiger partial charge in [0.1, 0.15) is 18.2 Å². The van der Waals surface area contributed by atoms with E-state index in [0.717, 1.165) is 16.8 Å². The average molecular weight is 271 g/mol. The van der Waals surface area contributed by atoms with Gasteiger partial charge in [-0.1, -0.05) is 0 Å². The molecule has 15 heavy (non-hydrogen) atoms. The lowest BCUT2D eigenvalue weighted by molar-refractivity contribution is -0.122. The zero-order valence-corrected chi connectivity index (χ0v) is 9.86. The van der Waals surface area contributed by atoms with Crippen molar-refractivity contribution in [2.75, 3.05) is 18.0 Å². The number of rotatable bonds is 1. The summed E-state index contributed by atoms with van der Waals surface area (Å²) in [7, 11) is 0. The van der Waals surface area contributed by atoms with Crippen LogP contribution in [0.25, 0.3) is 0 Å². The zero-order valence-electron chi connectivity index (χ0n) is 8.27. The summed E-state index contributed by atoms with van der Waals surface area (Å²) in [5.41, 5.74) is 0. The van der Waals surface area contributed by atoms with Crippen LogP contribution in [0.5, 0.6) is 0 Å². The maximum Gasteiger partial charge on any atom is 0.242 e. The van der Waals surface area contributed by atoms with Gasteiger partial charge in [-0.15, -0.1) is 0 Å². The Morgan fingerprint density at radius 1 is 1.67 bits per heavy atom. The highest BCUT2D eigenvalue weighted by Crippen LogP contribution is 2.24. The molecule has 6 heteroatoms. The number of piperazine rings is 1. The van der Waals surface area contributed by atoms with Gasteiger partial charge < -0.3 is 10.2 Å². The summed E-state index contributed by atoms with van der Waals surface area (Å²) in [6.45, 7) is 3.28. The monoisotopic (exact) mass is 270 g/mol. The molecule has 1 unspecified atom stereocenters. The van der Waals surface area contributed by atoms with Gasteiger partial charge in [-0.05, 0) is 22.9 Å². The molecule has 1 N–H and O–H groups in total. The Labute approximate surface area is 96.0 Å². The summed E-state index contributed by atoms with van der Waals surface area (Å²) in [5, 5.41) is 2.81. The molecule has 1 aromatic heterocycles. The van der Waals surface area contributed by atoms with Gasteiger partial charge in [-0.3, -0.25) is 4.79 Å². The molecule has 0 aliphatic carbocycles. The predicted octanol–water partition coefficient (Wildman–Crippen LogP) is 0.564. The SMILES string of the molecule is CC1C(=O)NCCN1c1ncncc1Br. The number of amides is 1. The first-order valence-electron chi connectivity index (χ1n) is 4.70. The van der Waals surface area contributed by atoms with Gasteiger partial charge in [0.05, 0.1) is 4.47 Å². The number of hydrogen-bond acceptors (Lipinski definition) is 4. The average Bonchev–Trinajstić information content (AvgIpc) is 2.23. The first-order chi connectivity index (χ1) is 7.20. The Balaban J connectivity index is 2.30. The van der Waals surface area contributed by atoms with Crippen LogP contribution in [0.1, 0.15) is 6.92 Å². The molecule has 1 aromatic rings. The number of nitrogens with zero attached hydrogens (tertiary/aromatic N) is 3. The largest absolute Gasteiger partial charge is 0.353 e. The number of carbonyl (C=O) groups is 1. The molecule has 1 saturated heterocycles. The van der Waals surface area contributed by atoms with Gasteiger partial charge in [-0.2, -0.15) is 0 Å². The molecule has 2 rings (SSSR count). The standard InChI is InChI=1S/C9H11BrN4O/c1-6-9(15)12-2-3-14(6)8-7(10)4-11-5-13-8/h4-6H,2-3H2,1H3,(H,12,15). The van der Waals surface area contributed by atoms with E-state index in [1.807, 2.05) is 11.8 Å². The van der Waals surface area contributed by atoms with Crippen molar-refractivity contribution in [1.29, 1.82) is 0 Å². The minimum atomic E-state index is -0.190. The third-order valence-corrected chi connectivity index (χ3v) is 2.98. The Bertz CT molecular complexity index is 384. The molecular formula is C9H11BrN4O. The first kappa shape index (κ1) is 10.4. The minimum absolute atomic E-state index is 0.0340. The van der Waals surface area contributed by atoms with Gasteiger partial charge in [-0.25, -0.2) is 9.97 Å². The van der Waals surface area contributed by atoms with Crippen LogP contribution in [0.15, 0.2) is 17.0 Å². The van der Waals surface area contributed by atoms with Crippen LogP contribution in [0.4, 0.5) is 5.82 Å². The normalized spacial score (nSPS) is 21.3. The van der Waals surface area contributed by atoms with Crippen LogP contribution in [0.3, 0.4) is 0 Å². The first-order valence-corrected chi connectivity index (χ1v) is 5.49. The van der Waals surface area contributed by atoms with Crippen molar-refractivity contribution >= 4 is 27.7 Å². The molecule has 0 radical (unpaired) electrons. The van der Waals surface area contributed by atoms with Gasteiger partial charge >= 0.3 is 0 Å². The van der Waals surface area contributed by atoms with E-state index in [1.54, 1.807) is 6.20 Å². The van der Waals surface area contributed by atoms with Crippen molar-refractivity contribution in [3.05, 3.63) is 17.0 Å². The molecule has 1 aliphatic heterocycles. The Morgan fingerprint density at radius 2 is 2.47 bits per heavy atom. The molecular weight excluding hydrogens is 260 g/mol. The Morgan fingerprint density at radius 3 is 3.20 bits per heavy atom. The fraction of sp³-hybridized carbons (Fsp3) is 0.444. The molecule has 1 amide bonds. The molecule has 1 aliphatic rings. The topological polar surface area (TPSA) is 58.1 Å². The summed E-state index contributed by atoms with van der Waals surface area (Å²) in [6, 6.07) is -0.190. The van der Waals surface area contributed by atoms with E-state index >= 15 is 0 Å². The third-order valence-electron chi connectivity index (χ3n) is 2.42. The summed E-state index contributed by atoms with van der Waals surface area (Å²) in [4.78, 5) is 21.5. The van der Waals surface area contributed by atoms with Crippen molar-refractivity contribution in [2.45, 2.75) is 13.0 Å². The van der Waals surface area contributed by atoms with Crippen molar-refractivity contribution in [3.63, 3.8) is 0 Å². The van der Waals surface area contributed by atoms with Crippen molar-refractivity contribution in [1.82, 2.24) is 15.3 Å². The molecule has 0 spiro atoms. The number of halogens is 1. The van der Waals surface area contributed by atoms with E-state index in [-0.39, 0.29) is 11.9 Å². The Kier molecular flexibility index (Phi) is 2.86. The molecule has 80 valence electrons. The lowest BCUT2D eigenvalue weighted by Gasteiger charge is -2.34. The van der Waals surface area contributed by atoms with E-state index in [4.69, 9.17) is 0 Å². The number of carbonyl (C=O) groups excluding carboxylic acids is 1. The van der Waals surface area contributed by atoms with Crippen molar-refractivity contribution in [3.8, 4) is 0 Å². The van der Waals surface area contributed by atoms with E-state index in [1.165, 1.54) is 6.33 Å². The number of aromatic nitrogens is 2. The second-order valence-corrected chi connectivity index (χ2v) is 4.21. The van der Waals surface area contributed by atoms with Crippen LogP contribution in [-0.2, 0) is 4.79 Å². The lowest BCUT2D eigenvalue weighted by Crippen LogP contribution is -2.54. The van der Waals surface area contributed by atoms with E-state index < -0.39 is 0 Å². The van der Waals surface area contributed by atoms with Gasteiger partial charge in [0.2, 0.25) is 5.91 Å². The smallest absolute Gasteiger partial charge is 0.242 e. The lowest BCUT2D eigenvalue weighted by atomic mass is 10.2. The molecule has 2 heterocycles. The van der Waals surface area contributed by atoms with Crippen molar-refractivity contribution < 1.29 is 4.79 Å². The fourth-order valence-electron chi connectivity index (χ4n) is 1.59. The van der Waals surface area contributed by atoms with E-state index in [9.17, 15) is 4.79 Å². The summed E-state index contributed by atoms with van der Waals surface area (Å²) >= 11 is 3.38. The van der Waals surface area contributed by atoms with Gasteiger partial charge in [0, 0.05) is 19.3 Å². The van der Waals surface area contributed by atoms with Crippen LogP contribution >= 0.6 is 15.9 Å². The third kappa shape index (κ3) is 1.94. The van der Waals surface area contributed by atoms with Gasteiger partial charge in [0.25, 0.3) is 0 Å².